The highest BCUT2D eigenvalue weighted by atomic mass is 35.5. The monoisotopic (exact) mass is 212 g/mol. The van der Waals surface area contributed by atoms with Gasteiger partial charge in [0.25, 0.3) is 0 Å². The number of halogens is 1. The van der Waals surface area contributed by atoms with Crippen molar-refractivity contribution in [1.82, 2.24) is 9.78 Å². The van der Waals surface area contributed by atoms with Crippen molar-refractivity contribution in [2.24, 2.45) is 7.05 Å². The molecule has 0 aliphatic rings. The Morgan fingerprint density at radius 2 is 2.07 bits per heavy atom. The van der Waals surface area contributed by atoms with Crippen LogP contribution in [0.15, 0.2) is 9.21 Å². The Kier molecular flexibility index (Phi) is 1.89. The Hall–Kier alpha value is -1.29. The first-order valence-corrected chi connectivity index (χ1v) is 4.52. The Balaban J connectivity index is 3.09. The van der Waals surface area contributed by atoms with Crippen LogP contribution in [0.5, 0.6) is 0 Å². The van der Waals surface area contributed by atoms with E-state index in [1.807, 2.05) is 6.92 Å². The lowest BCUT2D eigenvalue weighted by atomic mass is 10.2. The number of hydrogen-bond donors (Lipinski definition) is 0. The molecule has 0 amide bonds. The number of hydrogen-bond acceptors (Lipinski definition) is 3. The van der Waals surface area contributed by atoms with E-state index in [-0.39, 0.29) is 5.02 Å². The van der Waals surface area contributed by atoms with Gasteiger partial charge < -0.3 is 4.42 Å². The summed E-state index contributed by atoms with van der Waals surface area (Å²) in [7, 11) is 1.73. The minimum Gasteiger partial charge on any atom is -0.403 e. The van der Waals surface area contributed by atoms with Crippen LogP contribution in [0, 0.1) is 13.8 Å². The van der Waals surface area contributed by atoms with E-state index in [1.165, 1.54) is 4.68 Å². The van der Waals surface area contributed by atoms with Gasteiger partial charge >= 0.3 is 5.63 Å². The average Bonchev–Trinajstić information content (AvgIpc) is 2.38. The Labute approximate surface area is 85.1 Å². The molecule has 0 aromatic carbocycles. The van der Waals surface area contributed by atoms with Crippen molar-refractivity contribution in [2.45, 2.75) is 13.8 Å². The van der Waals surface area contributed by atoms with Gasteiger partial charge in [0.2, 0.25) is 5.71 Å². The van der Waals surface area contributed by atoms with Crippen LogP contribution < -0.4 is 5.63 Å². The van der Waals surface area contributed by atoms with Crippen molar-refractivity contribution in [3.05, 3.63) is 26.7 Å². The van der Waals surface area contributed by atoms with E-state index in [0.29, 0.717) is 5.71 Å². The zero-order chi connectivity index (χ0) is 10.5. The van der Waals surface area contributed by atoms with Gasteiger partial charge in [0.05, 0.1) is 11.1 Å². The summed E-state index contributed by atoms with van der Waals surface area (Å²) in [6.45, 7) is 3.64. The van der Waals surface area contributed by atoms with E-state index in [2.05, 4.69) is 5.10 Å². The second-order valence-corrected chi connectivity index (χ2v) is 3.60. The third-order valence-corrected chi connectivity index (χ3v) is 2.68. The van der Waals surface area contributed by atoms with Gasteiger partial charge in [-0.1, -0.05) is 11.6 Å². The molecule has 0 fully saturated rings. The largest absolute Gasteiger partial charge is 0.403 e. The van der Waals surface area contributed by atoms with E-state index in [9.17, 15) is 4.79 Å². The summed E-state index contributed by atoms with van der Waals surface area (Å²) in [5, 5.41) is 5.11. The summed E-state index contributed by atoms with van der Waals surface area (Å²) in [6.07, 6.45) is 0. The summed E-state index contributed by atoms with van der Waals surface area (Å²) in [4.78, 5) is 11.3. The van der Waals surface area contributed by atoms with Gasteiger partial charge in [0.1, 0.15) is 5.02 Å². The first-order valence-electron chi connectivity index (χ1n) is 4.15. The lowest BCUT2D eigenvalue weighted by Gasteiger charge is -1.98. The predicted molar refractivity (Wildman–Crippen MR) is 53.7 cm³/mol. The smallest absolute Gasteiger partial charge is 0.356 e. The standard InChI is InChI=1S/C9H9ClN2O2/c1-4-6-5(2)11-12(3)8(6)14-9(13)7(4)10/h1-3H3. The predicted octanol–water partition coefficient (Wildman–Crippen LogP) is 1.80. The number of aryl methyl sites for hydroxylation is 3. The third-order valence-electron chi connectivity index (χ3n) is 2.24. The zero-order valence-corrected chi connectivity index (χ0v) is 8.84. The summed E-state index contributed by atoms with van der Waals surface area (Å²) < 4.78 is 6.57. The molecular weight excluding hydrogens is 204 g/mol. The number of nitrogens with zero attached hydrogens (tertiary/aromatic N) is 2. The third kappa shape index (κ3) is 1.07. The first kappa shape index (κ1) is 9.27. The molecule has 0 saturated heterocycles. The molecule has 0 aliphatic carbocycles. The van der Waals surface area contributed by atoms with Crippen LogP contribution in [0.4, 0.5) is 0 Å². The fourth-order valence-electron chi connectivity index (χ4n) is 1.58. The molecule has 0 radical (unpaired) electrons. The molecule has 0 atom stereocenters. The summed E-state index contributed by atoms with van der Waals surface area (Å²) in [5.41, 5.74) is 1.49. The molecule has 5 heteroatoms. The van der Waals surface area contributed by atoms with E-state index in [4.69, 9.17) is 16.0 Å². The van der Waals surface area contributed by atoms with Crippen LogP contribution in [-0.4, -0.2) is 9.78 Å². The highest BCUT2D eigenvalue weighted by molar-refractivity contribution is 6.31. The molecule has 2 heterocycles. The Bertz CT molecular complexity index is 568. The molecule has 0 spiro atoms. The van der Waals surface area contributed by atoms with Crippen molar-refractivity contribution in [2.75, 3.05) is 0 Å². The lowest BCUT2D eigenvalue weighted by molar-refractivity contribution is 0.523. The highest BCUT2D eigenvalue weighted by Crippen LogP contribution is 2.24. The van der Waals surface area contributed by atoms with Crippen LogP contribution in [0.3, 0.4) is 0 Å². The summed E-state index contributed by atoms with van der Waals surface area (Å²) in [6, 6.07) is 0. The molecule has 0 saturated carbocycles. The second kappa shape index (κ2) is 2.85. The van der Waals surface area contributed by atoms with Gasteiger partial charge in [-0.25, -0.2) is 9.48 Å². The number of aromatic nitrogens is 2. The quantitative estimate of drug-likeness (QED) is 0.669. The maximum absolute atomic E-state index is 11.3. The van der Waals surface area contributed by atoms with Gasteiger partial charge in [0.15, 0.2) is 0 Å². The van der Waals surface area contributed by atoms with Gasteiger partial charge in [0, 0.05) is 7.05 Å². The maximum atomic E-state index is 11.3. The van der Waals surface area contributed by atoms with Crippen molar-refractivity contribution in [3.8, 4) is 0 Å². The van der Waals surface area contributed by atoms with Crippen LogP contribution in [0.1, 0.15) is 11.3 Å². The molecule has 2 aromatic rings. The van der Waals surface area contributed by atoms with E-state index in [1.54, 1.807) is 14.0 Å². The van der Waals surface area contributed by atoms with Crippen molar-refractivity contribution < 1.29 is 4.42 Å². The summed E-state index contributed by atoms with van der Waals surface area (Å²) >= 11 is 5.79. The van der Waals surface area contributed by atoms with Gasteiger partial charge in [-0.2, -0.15) is 5.10 Å². The Morgan fingerprint density at radius 3 is 2.71 bits per heavy atom. The highest BCUT2D eigenvalue weighted by Gasteiger charge is 2.15. The zero-order valence-electron chi connectivity index (χ0n) is 8.09. The average molecular weight is 213 g/mol. The minimum absolute atomic E-state index is 0.133. The molecule has 0 N–H and O–H groups in total. The van der Waals surface area contributed by atoms with Crippen LogP contribution in [0.2, 0.25) is 5.02 Å². The van der Waals surface area contributed by atoms with Crippen LogP contribution in [-0.2, 0) is 7.05 Å². The van der Waals surface area contributed by atoms with Crippen molar-refractivity contribution in [1.29, 1.82) is 0 Å². The fourth-order valence-corrected chi connectivity index (χ4v) is 1.71. The molecule has 4 nitrogen and oxygen atoms in total. The molecule has 0 aliphatic heterocycles. The van der Waals surface area contributed by atoms with Gasteiger partial charge in [-0.05, 0) is 19.4 Å². The van der Waals surface area contributed by atoms with E-state index < -0.39 is 5.63 Å². The lowest BCUT2D eigenvalue weighted by Crippen LogP contribution is -2.03. The molecular formula is C9H9ClN2O2. The SMILES string of the molecule is Cc1nn(C)c2oc(=O)c(Cl)c(C)c12. The number of rotatable bonds is 0. The maximum Gasteiger partial charge on any atom is 0.356 e. The minimum atomic E-state index is -0.514. The second-order valence-electron chi connectivity index (χ2n) is 3.22. The van der Waals surface area contributed by atoms with E-state index >= 15 is 0 Å². The van der Waals surface area contributed by atoms with Gasteiger partial charge in [-0.15, -0.1) is 0 Å². The number of fused-ring (bicyclic) bond motifs is 1. The summed E-state index contributed by atoms with van der Waals surface area (Å²) in [5.74, 6) is 0. The molecule has 74 valence electrons. The molecule has 0 bridgehead atoms. The van der Waals surface area contributed by atoms with E-state index in [0.717, 1.165) is 16.6 Å². The van der Waals surface area contributed by atoms with Crippen molar-refractivity contribution >= 4 is 22.7 Å². The topological polar surface area (TPSA) is 48.0 Å². The molecule has 2 rings (SSSR count). The normalized spacial score (nSPS) is 11.1. The molecule has 0 unspecified atom stereocenters. The van der Waals surface area contributed by atoms with Crippen LogP contribution >= 0.6 is 11.6 Å². The van der Waals surface area contributed by atoms with Crippen molar-refractivity contribution in [3.63, 3.8) is 0 Å². The van der Waals surface area contributed by atoms with Crippen LogP contribution in [0.25, 0.3) is 11.1 Å². The molecule has 2 aromatic heterocycles. The Morgan fingerprint density at radius 1 is 1.43 bits per heavy atom. The fraction of sp³-hybridized carbons (Fsp3) is 0.333. The first-order chi connectivity index (χ1) is 6.52. The molecule has 14 heavy (non-hydrogen) atoms. The van der Waals surface area contributed by atoms with Gasteiger partial charge in [-0.3, -0.25) is 0 Å².